The molecule has 3 rings (SSSR count). The van der Waals surface area contributed by atoms with Gasteiger partial charge in [-0.1, -0.05) is 6.07 Å². The van der Waals surface area contributed by atoms with Crippen LogP contribution in [0.5, 0.6) is 0 Å². The molecule has 0 amide bonds. The highest BCUT2D eigenvalue weighted by atomic mass is 16.4. The molecule has 1 unspecified atom stereocenters. The Morgan fingerprint density at radius 3 is 3.11 bits per heavy atom. The van der Waals surface area contributed by atoms with Gasteiger partial charge < -0.3 is 14.8 Å². The topological polar surface area (TPSA) is 66.6 Å². The minimum atomic E-state index is -0.959. The number of carboxylic acid groups (broad SMARTS) is 1. The molecule has 18 heavy (non-hydrogen) atoms. The predicted octanol–water partition coefficient (Wildman–Crippen LogP) is 1.42. The molecule has 0 saturated carbocycles. The molecular weight excluding hydrogens is 230 g/mol. The molecular formula is C13H15N3O2. The first kappa shape index (κ1) is 11.2. The van der Waals surface area contributed by atoms with Crippen molar-refractivity contribution in [1.29, 1.82) is 0 Å². The van der Waals surface area contributed by atoms with E-state index in [1.54, 1.807) is 0 Å². The summed E-state index contributed by atoms with van der Waals surface area (Å²) in [6.07, 6.45) is 2.90. The van der Waals surface area contributed by atoms with Crippen LogP contribution in [0, 0.1) is 6.92 Å². The summed E-state index contributed by atoms with van der Waals surface area (Å²) in [5.41, 5.74) is 1.82. The molecule has 94 valence electrons. The molecule has 3 heterocycles. The number of pyridine rings is 1. The smallest absolute Gasteiger partial charge is 0.356 e. The molecule has 0 radical (unpaired) electrons. The van der Waals surface area contributed by atoms with E-state index in [1.807, 2.05) is 29.7 Å². The van der Waals surface area contributed by atoms with Crippen molar-refractivity contribution in [2.75, 3.05) is 13.1 Å². The second-order valence-electron chi connectivity index (χ2n) is 4.72. The van der Waals surface area contributed by atoms with Gasteiger partial charge in [0.15, 0.2) is 5.69 Å². The van der Waals surface area contributed by atoms with Crippen molar-refractivity contribution in [3.05, 3.63) is 35.4 Å². The van der Waals surface area contributed by atoms with Crippen LogP contribution >= 0.6 is 0 Å². The zero-order valence-electron chi connectivity index (χ0n) is 10.2. The lowest BCUT2D eigenvalue weighted by molar-refractivity contribution is 0.0693. The molecule has 2 N–H and O–H groups in total. The Kier molecular flexibility index (Phi) is 2.56. The first-order valence-corrected chi connectivity index (χ1v) is 6.10. The highest BCUT2D eigenvalue weighted by Gasteiger charge is 2.25. The zero-order valence-corrected chi connectivity index (χ0v) is 10.2. The number of rotatable bonds is 2. The number of aryl methyl sites for hydroxylation is 1. The van der Waals surface area contributed by atoms with Crippen LogP contribution in [0.15, 0.2) is 18.3 Å². The SMILES string of the molecule is Cc1cccn2c(C3CCNC3)nc(C(=O)O)c12. The molecule has 0 spiro atoms. The minimum absolute atomic E-state index is 0.162. The van der Waals surface area contributed by atoms with Gasteiger partial charge in [0.2, 0.25) is 0 Å². The molecule has 5 nitrogen and oxygen atoms in total. The van der Waals surface area contributed by atoms with Crippen molar-refractivity contribution >= 4 is 11.5 Å². The lowest BCUT2D eigenvalue weighted by atomic mass is 10.1. The summed E-state index contributed by atoms with van der Waals surface area (Å²) < 4.78 is 1.93. The first-order valence-electron chi connectivity index (χ1n) is 6.10. The lowest BCUT2D eigenvalue weighted by Gasteiger charge is -2.07. The Balaban J connectivity index is 2.26. The highest BCUT2D eigenvalue weighted by molar-refractivity contribution is 5.94. The fourth-order valence-corrected chi connectivity index (χ4v) is 2.64. The van der Waals surface area contributed by atoms with E-state index < -0.39 is 5.97 Å². The Labute approximate surface area is 104 Å². The lowest BCUT2D eigenvalue weighted by Crippen LogP contribution is -2.10. The maximum atomic E-state index is 11.3. The quantitative estimate of drug-likeness (QED) is 0.839. The van der Waals surface area contributed by atoms with Gasteiger partial charge in [-0.05, 0) is 31.5 Å². The molecule has 1 aliphatic rings. The molecule has 0 bridgehead atoms. The Bertz CT molecular complexity index is 612. The van der Waals surface area contributed by atoms with Gasteiger partial charge in [0.25, 0.3) is 0 Å². The minimum Gasteiger partial charge on any atom is -0.476 e. The third-order valence-corrected chi connectivity index (χ3v) is 3.52. The van der Waals surface area contributed by atoms with Gasteiger partial charge in [0.1, 0.15) is 5.82 Å². The zero-order chi connectivity index (χ0) is 12.7. The summed E-state index contributed by atoms with van der Waals surface area (Å²) >= 11 is 0. The monoisotopic (exact) mass is 245 g/mol. The van der Waals surface area contributed by atoms with E-state index in [2.05, 4.69) is 10.3 Å². The van der Waals surface area contributed by atoms with Crippen LogP contribution < -0.4 is 5.32 Å². The van der Waals surface area contributed by atoms with Crippen molar-refractivity contribution in [2.24, 2.45) is 0 Å². The maximum Gasteiger partial charge on any atom is 0.356 e. The van der Waals surface area contributed by atoms with E-state index >= 15 is 0 Å². The third-order valence-electron chi connectivity index (χ3n) is 3.52. The van der Waals surface area contributed by atoms with Crippen LogP contribution in [0.3, 0.4) is 0 Å². The van der Waals surface area contributed by atoms with E-state index in [4.69, 9.17) is 0 Å². The maximum absolute atomic E-state index is 11.3. The van der Waals surface area contributed by atoms with Crippen LogP contribution in [-0.2, 0) is 0 Å². The Hall–Kier alpha value is -1.88. The van der Waals surface area contributed by atoms with Crippen LogP contribution in [-0.4, -0.2) is 33.6 Å². The van der Waals surface area contributed by atoms with Crippen LogP contribution in [0.2, 0.25) is 0 Å². The van der Waals surface area contributed by atoms with E-state index in [1.165, 1.54) is 0 Å². The van der Waals surface area contributed by atoms with E-state index in [9.17, 15) is 9.90 Å². The summed E-state index contributed by atoms with van der Waals surface area (Å²) in [6.45, 7) is 3.75. The molecule has 5 heteroatoms. The van der Waals surface area contributed by atoms with Gasteiger partial charge >= 0.3 is 5.97 Å². The Morgan fingerprint density at radius 1 is 1.61 bits per heavy atom. The van der Waals surface area contributed by atoms with E-state index in [0.29, 0.717) is 11.4 Å². The Morgan fingerprint density at radius 2 is 2.44 bits per heavy atom. The van der Waals surface area contributed by atoms with Gasteiger partial charge in [-0.25, -0.2) is 9.78 Å². The summed E-state index contributed by atoms with van der Waals surface area (Å²) in [4.78, 5) is 15.7. The predicted molar refractivity (Wildman–Crippen MR) is 67.1 cm³/mol. The number of hydrogen-bond acceptors (Lipinski definition) is 3. The normalized spacial score (nSPS) is 19.5. The van der Waals surface area contributed by atoms with Gasteiger partial charge in [-0.3, -0.25) is 0 Å². The van der Waals surface area contributed by atoms with Gasteiger partial charge in [0, 0.05) is 18.7 Å². The van der Waals surface area contributed by atoms with Crippen LogP contribution in [0.25, 0.3) is 5.52 Å². The van der Waals surface area contributed by atoms with Crippen molar-refractivity contribution in [3.8, 4) is 0 Å². The number of aromatic nitrogens is 2. The van der Waals surface area contributed by atoms with Crippen LogP contribution in [0.4, 0.5) is 0 Å². The number of hydrogen-bond donors (Lipinski definition) is 2. The van der Waals surface area contributed by atoms with Crippen molar-refractivity contribution in [1.82, 2.24) is 14.7 Å². The fraction of sp³-hybridized carbons (Fsp3) is 0.385. The average Bonchev–Trinajstić information content (AvgIpc) is 2.95. The number of fused-ring (bicyclic) bond motifs is 1. The fourth-order valence-electron chi connectivity index (χ4n) is 2.64. The number of aromatic carboxylic acids is 1. The largest absolute Gasteiger partial charge is 0.476 e. The molecule has 2 aromatic heterocycles. The molecule has 2 aromatic rings. The van der Waals surface area contributed by atoms with Gasteiger partial charge in [-0.2, -0.15) is 0 Å². The average molecular weight is 245 g/mol. The van der Waals surface area contributed by atoms with Gasteiger partial charge in [-0.15, -0.1) is 0 Å². The molecule has 1 saturated heterocycles. The van der Waals surface area contributed by atoms with Gasteiger partial charge in [0.05, 0.1) is 5.52 Å². The standard InChI is InChI=1S/C13H15N3O2/c1-8-3-2-6-16-11(8)10(13(17)18)15-12(16)9-4-5-14-7-9/h2-3,6,9,14H,4-5,7H2,1H3,(H,17,18). The summed E-state index contributed by atoms with van der Waals surface area (Å²) in [6, 6.07) is 3.85. The van der Waals surface area contributed by atoms with Crippen molar-refractivity contribution < 1.29 is 9.90 Å². The van der Waals surface area contributed by atoms with E-state index in [0.717, 1.165) is 30.9 Å². The molecule has 1 atom stereocenters. The summed E-state index contributed by atoms with van der Waals surface area (Å²) in [7, 11) is 0. The number of carbonyl (C=O) groups is 1. The number of nitrogens with zero attached hydrogens (tertiary/aromatic N) is 2. The number of imidazole rings is 1. The highest BCUT2D eigenvalue weighted by Crippen LogP contribution is 2.26. The van der Waals surface area contributed by atoms with E-state index in [-0.39, 0.29) is 5.69 Å². The third kappa shape index (κ3) is 1.59. The first-order chi connectivity index (χ1) is 8.68. The molecule has 0 aliphatic carbocycles. The summed E-state index contributed by atoms with van der Waals surface area (Å²) in [5, 5.41) is 12.6. The molecule has 1 fully saturated rings. The van der Waals surface area contributed by atoms with Crippen molar-refractivity contribution in [2.45, 2.75) is 19.3 Å². The second kappa shape index (κ2) is 4.10. The molecule has 0 aromatic carbocycles. The summed E-state index contributed by atoms with van der Waals surface area (Å²) in [5.74, 6) is 0.197. The number of carboxylic acids is 1. The number of nitrogens with one attached hydrogen (secondary N) is 1. The van der Waals surface area contributed by atoms with Crippen LogP contribution in [0.1, 0.15) is 34.2 Å². The van der Waals surface area contributed by atoms with Crippen molar-refractivity contribution in [3.63, 3.8) is 0 Å². The molecule has 1 aliphatic heterocycles. The second-order valence-corrected chi connectivity index (χ2v) is 4.72.